The summed E-state index contributed by atoms with van der Waals surface area (Å²) in [7, 11) is -3.65. The van der Waals surface area contributed by atoms with Crippen molar-refractivity contribution in [3.8, 4) is 6.07 Å². The first kappa shape index (κ1) is 20.2. The van der Waals surface area contributed by atoms with Gasteiger partial charge in [-0.2, -0.15) is 9.57 Å². The highest BCUT2D eigenvalue weighted by Crippen LogP contribution is 2.28. The molecule has 1 fully saturated rings. The molecule has 1 aliphatic rings. The van der Waals surface area contributed by atoms with Crippen LogP contribution in [0.2, 0.25) is 5.02 Å². The van der Waals surface area contributed by atoms with Crippen LogP contribution in [-0.2, 0) is 10.0 Å². The minimum Gasteiger partial charge on any atom is -0.317 e. The van der Waals surface area contributed by atoms with Crippen molar-refractivity contribution >= 4 is 34.0 Å². The monoisotopic (exact) mass is 377 g/mol. The Balaban J connectivity index is 0.00000264. The number of nitrogens with zero attached hydrogens (tertiary/aromatic N) is 2. The number of hydrogen-bond acceptors (Lipinski definition) is 4. The maximum Gasteiger partial charge on any atom is 0.244 e. The van der Waals surface area contributed by atoms with E-state index in [1.54, 1.807) is 4.31 Å². The Bertz CT molecular complexity index is 668. The lowest BCUT2D eigenvalue weighted by molar-refractivity contribution is 0.262. The molecule has 1 heterocycles. The Kier molecular flexibility index (Phi) is 7.78. The Morgan fingerprint density at radius 3 is 2.57 bits per heavy atom. The van der Waals surface area contributed by atoms with Gasteiger partial charge < -0.3 is 5.32 Å². The Morgan fingerprint density at radius 2 is 2.04 bits per heavy atom. The Hall–Kier alpha value is -0.840. The molecular weight excluding hydrogens is 357 g/mol. The van der Waals surface area contributed by atoms with Crippen LogP contribution in [0.3, 0.4) is 0 Å². The van der Waals surface area contributed by atoms with Gasteiger partial charge in [-0.1, -0.05) is 18.5 Å². The maximum atomic E-state index is 13.0. The van der Waals surface area contributed by atoms with Gasteiger partial charge in [-0.15, -0.1) is 12.4 Å². The first-order valence-electron chi connectivity index (χ1n) is 7.43. The molecule has 1 aromatic rings. The van der Waals surface area contributed by atoms with Crippen molar-refractivity contribution in [2.24, 2.45) is 0 Å². The van der Waals surface area contributed by atoms with E-state index in [1.807, 2.05) is 13.0 Å². The molecule has 8 heteroatoms. The van der Waals surface area contributed by atoms with Crippen LogP contribution in [0.1, 0.15) is 31.7 Å². The van der Waals surface area contributed by atoms with Crippen molar-refractivity contribution in [1.29, 1.82) is 5.26 Å². The van der Waals surface area contributed by atoms with Gasteiger partial charge in [0.05, 0.1) is 16.7 Å². The van der Waals surface area contributed by atoms with Gasteiger partial charge in [0.1, 0.15) is 4.90 Å². The molecule has 128 valence electrons. The molecule has 1 N–H and O–H groups in total. The van der Waals surface area contributed by atoms with Crippen LogP contribution in [-0.4, -0.2) is 38.4 Å². The van der Waals surface area contributed by atoms with Crippen LogP contribution < -0.4 is 5.32 Å². The number of piperidine rings is 1. The molecule has 1 aromatic carbocycles. The van der Waals surface area contributed by atoms with Crippen molar-refractivity contribution in [2.75, 3.05) is 19.6 Å². The van der Waals surface area contributed by atoms with Crippen LogP contribution in [0.15, 0.2) is 23.1 Å². The van der Waals surface area contributed by atoms with E-state index in [0.717, 1.165) is 32.4 Å². The van der Waals surface area contributed by atoms with Gasteiger partial charge in [0, 0.05) is 12.6 Å². The van der Waals surface area contributed by atoms with Crippen LogP contribution >= 0.6 is 24.0 Å². The van der Waals surface area contributed by atoms with E-state index in [-0.39, 0.29) is 28.4 Å². The molecule has 0 bridgehead atoms. The summed E-state index contributed by atoms with van der Waals surface area (Å²) >= 11 is 6.11. The summed E-state index contributed by atoms with van der Waals surface area (Å²) < 4.78 is 27.5. The molecular formula is C15H21Cl2N3O2S. The molecule has 0 aromatic heterocycles. The lowest BCUT2D eigenvalue weighted by Crippen LogP contribution is -2.46. The number of rotatable bonds is 5. The number of nitrogens with one attached hydrogen (secondary N) is 1. The molecule has 2 rings (SSSR count). The molecule has 0 spiro atoms. The van der Waals surface area contributed by atoms with Gasteiger partial charge in [0.2, 0.25) is 10.0 Å². The fourth-order valence-corrected chi connectivity index (χ4v) is 5.02. The van der Waals surface area contributed by atoms with E-state index in [2.05, 4.69) is 5.32 Å². The number of nitriles is 1. The predicted molar refractivity (Wildman–Crippen MR) is 93.5 cm³/mol. The fraction of sp³-hybridized carbons (Fsp3) is 0.533. The van der Waals surface area contributed by atoms with E-state index >= 15 is 0 Å². The van der Waals surface area contributed by atoms with Gasteiger partial charge in [-0.05, 0) is 50.6 Å². The molecule has 0 saturated carbocycles. The summed E-state index contributed by atoms with van der Waals surface area (Å²) in [5, 5.41) is 12.2. The molecule has 5 nitrogen and oxygen atoms in total. The molecule has 23 heavy (non-hydrogen) atoms. The summed E-state index contributed by atoms with van der Waals surface area (Å²) in [6.07, 6.45) is 2.34. The third kappa shape index (κ3) is 4.59. The summed E-state index contributed by atoms with van der Waals surface area (Å²) in [6.45, 7) is 4.08. The second-order valence-electron chi connectivity index (χ2n) is 5.35. The molecule has 0 amide bonds. The van der Waals surface area contributed by atoms with E-state index in [9.17, 15) is 8.42 Å². The average molecular weight is 378 g/mol. The van der Waals surface area contributed by atoms with Gasteiger partial charge in [-0.25, -0.2) is 8.42 Å². The van der Waals surface area contributed by atoms with Crippen LogP contribution in [0.4, 0.5) is 0 Å². The SMILES string of the molecule is CCCN(C1CCNCC1)S(=O)(=O)c1ccc(C#N)cc1Cl.Cl. The minimum absolute atomic E-state index is 0. The summed E-state index contributed by atoms with van der Waals surface area (Å²) in [5.74, 6) is 0. The van der Waals surface area contributed by atoms with E-state index in [1.165, 1.54) is 18.2 Å². The predicted octanol–water partition coefficient (Wildman–Crippen LogP) is 2.79. The zero-order valence-electron chi connectivity index (χ0n) is 13.0. The average Bonchev–Trinajstić information content (AvgIpc) is 2.52. The van der Waals surface area contributed by atoms with Gasteiger partial charge in [0.25, 0.3) is 0 Å². The van der Waals surface area contributed by atoms with Crippen molar-refractivity contribution in [3.63, 3.8) is 0 Å². The molecule has 0 radical (unpaired) electrons. The normalized spacial score (nSPS) is 15.9. The number of sulfonamides is 1. The first-order chi connectivity index (χ1) is 10.5. The highest BCUT2D eigenvalue weighted by molar-refractivity contribution is 7.89. The van der Waals surface area contributed by atoms with Gasteiger partial charge in [0.15, 0.2) is 0 Å². The Labute approximate surface area is 149 Å². The van der Waals surface area contributed by atoms with Crippen LogP contribution in [0, 0.1) is 11.3 Å². The van der Waals surface area contributed by atoms with E-state index < -0.39 is 10.0 Å². The molecule has 0 unspecified atom stereocenters. The van der Waals surface area contributed by atoms with Crippen molar-refractivity contribution in [2.45, 2.75) is 37.1 Å². The number of hydrogen-bond donors (Lipinski definition) is 1. The van der Waals surface area contributed by atoms with E-state index in [0.29, 0.717) is 12.1 Å². The quantitative estimate of drug-likeness (QED) is 0.855. The van der Waals surface area contributed by atoms with E-state index in [4.69, 9.17) is 16.9 Å². The lowest BCUT2D eigenvalue weighted by atomic mass is 10.1. The largest absolute Gasteiger partial charge is 0.317 e. The van der Waals surface area contributed by atoms with Crippen LogP contribution in [0.25, 0.3) is 0 Å². The van der Waals surface area contributed by atoms with Gasteiger partial charge >= 0.3 is 0 Å². The minimum atomic E-state index is -3.65. The van der Waals surface area contributed by atoms with Crippen molar-refractivity contribution in [3.05, 3.63) is 28.8 Å². The summed E-state index contributed by atoms with van der Waals surface area (Å²) in [4.78, 5) is 0.0835. The third-order valence-electron chi connectivity index (χ3n) is 3.81. The molecule has 0 atom stereocenters. The number of halogens is 2. The molecule has 1 aliphatic heterocycles. The molecule has 0 aliphatic carbocycles. The second-order valence-corrected chi connectivity index (χ2v) is 7.62. The summed E-state index contributed by atoms with van der Waals surface area (Å²) in [6, 6.07) is 6.29. The summed E-state index contributed by atoms with van der Waals surface area (Å²) in [5.41, 5.74) is 0.354. The zero-order valence-corrected chi connectivity index (χ0v) is 15.3. The lowest BCUT2D eigenvalue weighted by Gasteiger charge is -2.33. The van der Waals surface area contributed by atoms with Gasteiger partial charge in [-0.3, -0.25) is 0 Å². The Morgan fingerprint density at radius 1 is 1.39 bits per heavy atom. The second kappa shape index (κ2) is 8.86. The maximum absolute atomic E-state index is 13.0. The number of benzene rings is 1. The van der Waals surface area contributed by atoms with Crippen molar-refractivity contribution < 1.29 is 8.42 Å². The first-order valence-corrected chi connectivity index (χ1v) is 9.24. The highest BCUT2D eigenvalue weighted by atomic mass is 35.5. The highest BCUT2D eigenvalue weighted by Gasteiger charge is 2.33. The molecule has 1 saturated heterocycles. The standard InChI is InChI=1S/C15H20ClN3O2S.ClH/c1-2-9-19(13-5-7-18-8-6-13)22(20,21)15-4-3-12(11-17)10-14(15)16;/h3-4,10,13,18H,2,5-9H2,1H3;1H. The van der Waals surface area contributed by atoms with Crippen molar-refractivity contribution in [1.82, 2.24) is 9.62 Å². The third-order valence-corrected chi connectivity index (χ3v) is 6.24. The van der Waals surface area contributed by atoms with Crippen LogP contribution in [0.5, 0.6) is 0 Å². The topological polar surface area (TPSA) is 73.2 Å². The zero-order chi connectivity index (χ0) is 16.2. The fourth-order valence-electron chi connectivity index (χ4n) is 2.72. The smallest absolute Gasteiger partial charge is 0.244 e.